The molecule has 0 spiro atoms. The molecule has 2 heterocycles. The van der Waals surface area contributed by atoms with Crippen LogP contribution in [0.1, 0.15) is 12.0 Å². The normalized spacial score (nSPS) is 13.9. The van der Waals surface area contributed by atoms with Gasteiger partial charge < -0.3 is 0 Å². The molecule has 0 atom stereocenters. The summed E-state index contributed by atoms with van der Waals surface area (Å²) in [5.41, 5.74) is 3.16. The number of aryl methyl sites for hydroxylation is 1. The summed E-state index contributed by atoms with van der Waals surface area (Å²) in [7, 11) is 0. The van der Waals surface area contributed by atoms with Gasteiger partial charge in [-0.05, 0) is 36.6 Å². The lowest BCUT2D eigenvalue weighted by molar-refractivity contribution is 0.256. The lowest BCUT2D eigenvalue weighted by atomic mass is 10.0. The first-order valence-electron chi connectivity index (χ1n) is 7.33. The van der Waals surface area contributed by atoms with Crippen LogP contribution in [0.3, 0.4) is 0 Å². The molecule has 0 bridgehead atoms. The SMILES string of the molecule is O=C(Nc1nc2ccccc2s1)N1CCCc2ccccc21. The van der Waals surface area contributed by atoms with Gasteiger partial charge >= 0.3 is 6.03 Å². The van der Waals surface area contributed by atoms with Gasteiger partial charge in [0.1, 0.15) is 0 Å². The fraction of sp³-hybridized carbons (Fsp3) is 0.176. The van der Waals surface area contributed by atoms with Gasteiger partial charge in [-0.3, -0.25) is 10.2 Å². The molecule has 2 amide bonds. The van der Waals surface area contributed by atoms with Crippen LogP contribution in [-0.4, -0.2) is 17.6 Å². The van der Waals surface area contributed by atoms with Gasteiger partial charge in [0.05, 0.1) is 10.2 Å². The maximum absolute atomic E-state index is 12.6. The number of hydrogen-bond donors (Lipinski definition) is 1. The molecule has 0 saturated carbocycles. The minimum Gasteiger partial charge on any atom is -0.294 e. The van der Waals surface area contributed by atoms with E-state index < -0.39 is 0 Å². The van der Waals surface area contributed by atoms with Crippen molar-refractivity contribution < 1.29 is 4.79 Å². The van der Waals surface area contributed by atoms with Gasteiger partial charge in [0.15, 0.2) is 5.13 Å². The molecule has 2 aromatic carbocycles. The molecule has 3 aromatic rings. The predicted octanol–water partition coefficient (Wildman–Crippen LogP) is 4.28. The summed E-state index contributed by atoms with van der Waals surface area (Å²) in [4.78, 5) is 18.9. The number of amides is 2. The number of anilines is 2. The van der Waals surface area contributed by atoms with E-state index in [-0.39, 0.29) is 6.03 Å². The van der Waals surface area contributed by atoms with Gasteiger partial charge in [0, 0.05) is 12.2 Å². The molecule has 4 nitrogen and oxygen atoms in total. The monoisotopic (exact) mass is 309 g/mol. The van der Waals surface area contributed by atoms with Crippen molar-refractivity contribution in [2.75, 3.05) is 16.8 Å². The second-order valence-electron chi connectivity index (χ2n) is 5.30. The number of urea groups is 1. The zero-order valence-corrected chi connectivity index (χ0v) is 12.8. The lowest BCUT2D eigenvalue weighted by Crippen LogP contribution is -2.38. The Hall–Kier alpha value is -2.40. The fourth-order valence-electron chi connectivity index (χ4n) is 2.83. The molecule has 4 rings (SSSR count). The maximum Gasteiger partial charge on any atom is 0.328 e. The number of rotatable bonds is 1. The van der Waals surface area contributed by atoms with Crippen molar-refractivity contribution in [3.8, 4) is 0 Å². The molecule has 110 valence electrons. The Morgan fingerprint density at radius 1 is 1.14 bits per heavy atom. The third-order valence-electron chi connectivity index (χ3n) is 3.86. The van der Waals surface area contributed by atoms with E-state index in [0.29, 0.717) is 5.13 Å². The molecular weight excluding hydrogens is 294 g/mol. The van der Waals surface area contributed by atoms with Gasteiger partial charge in [0.25, 0.3) is 0 Å². The Bertz CT molecular complexity index is 810. The van der Waals surface area contributed by atoms with Crippen molar-refractivity contribution in [2.24, 2.45) is 0 Å². The van der Waals surface area contributed by atoms with E-state index in [2.05, 4.69) is 16.4 Å². The van der Waals surface area contributed by atoms with Crippen LogP contribution in [-0.2, 0) is 6.42 Å². The van der Waals surface area contributed by atoms with Gasteiger partial charge in [0.2, 0.25) is 0 Å². The quantitative estimate of drug-likeness (QED) is 0.729. The molecule has 5 heteroatoms. The highest BCUT2D eigenvalue weighted by atomic mass is 32.1. The van der Waals surface area contributed by atoms with E-state index in [4.69, 9.17) is 0 Å². The summed E-state index contributed by atoms with van der Waals surface area (Å²) >= 11 is 1.50. The van der Waals surface area contributed by atoms with E-state index >= 15 is 0 Å². The Labute approximate surface area is 132 Å². The summed E-state index contributed by atoms with van der Waals surface area (Å²) in [5, 5.41) is 3.58. The molecule has 1 aliphatic heterocycles. The number of fused-ring (bicyclic) bond motifs is 2. The van der Waals surface area contributed by atoms with Crippen LogP contribution in [0, 0.1) is 0 Å². The summed E-state index contributed by atoms with van der Waals surface area (Å²) in [5.74, 6) is 0. The van der Waals surface area contributed by atoms with Crippen LogP contribution < -0.4 is 10.2 Å². The number of hydrogen-bond acceptors (Lipinski definition) is 3. The molecular formula is C17H15N3OS. The second kappa shape index (κ2) is 5.42. The summed E-state index contributed by atoms with van der Waals surface area (Å²) in [6.07, 6.45) is 2.02. The Balaban J connectivity index is 1.60. The minimum atomic E-state index is -0.105. The van der Waals surface area contributed by atoms with Gasteiger partial charge in [-0.15, -0.1) is 0 Å². The maximum atomic E-state index is 12.6. The van der Waals surface area contributed by atoms with Gasteiger partial charge in [-0.1, -0.05) is 41.7 Å². The molecule has 1 N–H and O–H groups in total. The van der Waals surface area contributed by atoms with E-state index in [1.165, 1.54) is 16.9 Å². The average Bonchev–Trinajstić information content (AvgIpc) is 2.96. The van der Waals surface area contributed by atoms with Crippen LogP contribution in [0.5, 0.6) is 0 Å². The molecule has 0 saturated heterocycles. The second-order valence-corrected chi connectivity index (χ2v) is 6.33. The molecule has 0 fully saturated rings. The Kier molecular flexibility index (Phi) is 3.27. The van der Waals surface area contributed by atoms with E-state index in [9.17, 15) is 4.79 Å². The average molecular weight is 309 g/mol. The van der Waals surface area contributed by atoms with E-state index in [0.717, 1.165) is 35.3 Å². The summed E-state index contributed by atoms with van der Waals surface area (Å²) in [6.45, 7) is 0.744. The van der Waals surface area contributed by atoms with Crippen molar-refractivity contribution in [2.45, 2.75) is 12.8 Å². The molecule has 0 unspecified atom stereocenters. The number of nitrogens with zero attached hydrogens (tertiary/aromatic N) is 2. The van der Waals surface area contributed by atoms with E-state index in [1.807, 2.05) is 47.4 Å². The van der Waals surface area contributed by atoms with Crippen LogP contribution in [0.4, 0.5) is 15.6 Å². The smallest absolute Gasteiger partial charge is 0.294 e. The first-order chi connectivity index (χ1) is 10.8. The zero-order chi connectivity index (χ0) is 14.9. The van der Waals surface area contributed by atoms with Crippen molar-refractivity contribution in [1.29, 1.82) is 0 Å². The number of aromatic nitrogens is 1. The number of carbonyl (C=O) groups excluding carboxylic acids is 1. The largest absolute Gasteiger partial charge is 0.328 e. The lowest BCUT2D eigenvalue weighted by Gasteiger charge is -2.29. The predicted molar refractivity (Wildman–Crippen MR) is 90.7 cm³/mol. The van der Waals surface area contributed by atoms with Crippen molar-refractivity contribution in [3.05, 3.63) is 54.1 Å². The zero-order valence-electron chi connectivity index (χ0n) is 12.0. The highest BCUT2D eigenvalue weighted by Gasteiger charge is 2.22. The molecule has 1 aromatic heterocycles. The van der Waals surface area contributed by atoms with Crippen LogP contribution in [0.15, 0.2) is 48.5 Å². The first kappa shape index (κ1) is 13.3. The standard InChI is InChI=1S/C17H15N3OS/c21-17(19-16-18-13-8-2-4-10-15(13)22-16)20-11-5-7-12-6-1-3-9-14(12)20/h1-4,6,8-10H,5,7,11H2,(H,18,19,21). The summed E-state index contributed by atoms with van der Waals surface area (Å²) < 4.78 is 1.08. The van der Waals surface area contributed by atoms with Crippen LogP contribution >= 0.6 is 11.3 Å². The van der Waals surface area contributed by atoms with Crippen molar-refractivity contribution >= 4 is 38.4 Å². The van der Waals surface area contributed by atoms with Gasteiger partial charge in [-0.25, -0.2) is 9.78 Å². The third kappa shape index (κ3) is 2.33. The minimum absolute atomic E-state index is 0.105. The highest BCUT2D eigenvalue weighted by molar-refractivity contribution is 7.22. The summed E-state index contributed by atoms with van der Waals surface area (Å²) in [6, 6.07) is 15.9. The topological polar surface area (TPSA) is 45.2 Å². The number of benzene rings is 2. The highest BCUT2D eigenvalue weighted by Crippen LogP contribution is 2.29. The first-order valence-corrected chi connectivity index (χ1v) is 8.15. The van der Waals surface area contributed by atoms with Crippen LogP contribution in [0.2, 0.25) is 0 Å². The molecule has 22 heavy (non-hydrogen) atoms. The number of carbonyl (C=O) groups is 1. The molecule has 1 aliphatic rings. The van der Waals surface area contributed by atoms with E-state index in [1.54, 1.807) is 0 Å². The number of nitrogens with one attached hydrogen (secondary N) is 1. The third-order valence-corrected chi connectivity index (χ3v) is 4.81. The Morgan fingerprint density at radius 3 is 2.86 bits per heavy atom. The number of thiazole rings is 1. The molecule has 0 aliphatic carbocycles. The Morgan fingerprint density at radius 2 is 1.95 bits per heavy atom. The van der Waals surface area contributed by atoms with Crippen LogP contribution in [0.25, 0.3) is 10.2 Å². The number of para-hydroxylation sites is 2. The van der Waals surface area contributed by atoms with Crippen molar-refractivity contribution in [3.63, 3.8) is 0 Å². The van der Waals surface area contributed by atoms with Gasteiger partial charge in [-0.2, -0.15) is 0 Å². The van der Waals surface area contributed by atoms with Crippen molar-refractivity contribution in [1.82, 2.24) is 4.98 Å². The molecule has 0 radical (unpaired) electrons. The fourth-order valence-corrected chi connectivity index (χ4v) is 3.68.